The van der Waals surface area contributed by atoms with E-state index in [0.29, 0.717) is 0 Å². The molecular weight excluding hydrogens is 188 g/mol. The predicted molar refractivity (Wildman–Crippen MR) is 45.0 cm³/mol. The SMILES string of the molecule is N[C@H](C(=O)[O-])c1ccc([N+](=O)[O-])cc1. The molecule has 6 nitrogen and oxygen atoms in total. The van der Waals surface area contributed by atoms with Crippen molar-refractivity contribution in [2.45, 2.75) is 6.04 Å². The molecule has 2 N–H and O–H groups in total. The van der Waals surface area contributed by atoms with Gasteiger partial charge in [-0.2, -0.15) is 0 Å². The lowest BCUT2D eigenvalue weighted by molar-refractivity contribution is -0.384. The average Bonchev–Trinajstić information content (AvgIpc) is 2.16. The van der Waals surface area contributed by atoms with E-state index in [0.717, 1.165) is 0 Å². The minimum absolute atomic E-state index is 0.112. The molecule has 1 aromatic rings. The number of rotatable bonds is 3. The highest BCUT2D eigenvalue weighted by atomic mass is 16.6. The number of nitro benzene ring substituents is 1. The highest BCUT2D eigenvalue weighted by molar-refractivity contribution is 5.73. The summed E-state index contributed by atoms with van der Waals surface area (Å²) in [6, 6.07) is 3.71. The number of nitro groups is 1. The second kappa shape index (κ2) is 3.84. The van der Waals surface area contributed by atoms with Gasteiger partial charge in [-0.15, -0.1) is 0 Å². The topological polar surface area (TPSA) is 109 Å². The molecule has 0 aromatic heterocycles. The maximum absolute atomic E-state index is 10.3. The van der Waals surface area contributed by atoms with Crippen LogP contribution in [-0.2, 0) is 4.79 Å². The van der Waals surface area contributed by atoms with Gasteiger partial charge in [0.1, 0.15) is 0 Å². The summed E-state index contributed by atoms with van der Waals surface area (Å²) < 4.78 is 0. The number of nitrogens with zero attached hydrogens (tertiary/aromatic N) is 1. The molecule has 0 fully saturated rings. The molecule has 0 unspecified atom stereocenters. The number of nitrogens with two attached hydrogens (primary N) is 1. The van der Waals surface area contributed by atoms with Gasteiger partial charge in [0.25, 0.3) is 5.69 Å². The smallest absolute Gasteiger partial charge is 0.269 e. The molecule has 0 spiro atoms. The first-order chi connectivity index (χ1) is 6.52. The Labute approximate surface area is 79.1 Å². The fraction of sp³-hybridized carbons (Fsp3) is 0.125. The molecule has 0 aliphatic heterocycles. The van der Waals surface area contributed by atoms with Crippen molar-refractivity contribution >= 4 is 11.7 Å². The van der Waals surface area contributed by atoms with E-state index in [2.05, 4.69) is 0 Å². The molecule has 0 radical (unpaired) electrons. The zero-order chi connectivity index (χ0) is 10.7. The Morgan fingerprint density at radius 3 is 2.21 bits per heavy atom. The summed E-state index contributed by atoms with van der Waals surface area (Å²) in [7, 11) is 0. The lowest BCUT2D eigenvalue weighted by Crippen LogP contribution is -2.34. The minimum atomic E-state index is -1.42. The van der Waals surface area contributed by atoms with Gasteiger partial charge in [-0.1, -0.05) is 12.1 Å². The van der Waals surface area contributed by atoms with Crippen molar-refractivity contribution in [3.05, 3.63) is 39.9 Å². The van der Waals surface area contributed by atoms with E-state index in [1.807, 2.05) is 0 Å². The van der Waals surface area contributed by atoms with Crippen molar-refractivity contribution in [2.75, 3.05) is 0 Å². The van der Waals surface area contributed by atoms with Crippen molar-refractivity contribution in [2.24, 2.45) is 5.73 Å². The van der Waals surface area contributed by atoms with E-state index < -0.39 is 16.9 Å². The molecule has 1 rings (SSSR count). The van der Waals surface area contributed by atoms with Gasteiger partial charge in [-0.05, 0) is 5.56 Å². The number of benzene rings is 1. The Balaban J connectivity index is 2.94. The first-order valence-corrected chi connectivity index (χ1v) is 3.73. The highest BCUT2D eigenvalue weighted by Gasteiger charge is 2.09. The Hall–Kier alpha value is -1.95. The van der Waals surface area contributed by atoms with Crippen LogP contribution in [0, 0.1) is 10.1 Å². The number of carboxylic acid groups (broad SMARTS) is 1. The number of aliphatic carboxylic acids is 1. The van der Waals surface area contributed by atoms with E-state index in [1.54, 1.807) is 0 Å². The van der Waals surface area contributed by atoms with E-state index in [9.17, 15) is 20.0 Å². The van der Waals surface area contributed by atoms with Crippen LogP contribution in [0.5, 0.6) is 0 Å². The van der Waals surface area contributed by atoms with Crippen molar-refractivity contribution < 1.29 is 14.8 Å². The third-order valence-electron chi connectivity index (χ3n) is 1.72. The molecule has 1 atom stereocenters. The number of non-ortho nitro benzene ring substituents is 1. The van der Waals surface area contributed by atoms with Crippen LogP contribution in [0.25, 0.3) is 0 Å². The molecular formula is C8H7N2O4-. The summed E-state index contributed by atoms with van der Waals surface area (Å²) in [5.74, 6) is -1.42. The monoisotopic (exact) mass is 195 g/mol. The highest BCUT2D eigenvalue weighted by Crippen LogP contribution is 2.15. The molecule has 0 heterocycles. The molecule has 0 aliphatic rings. The summed E-state index contributed by atoms with van der Waals surface area (Å²) in [5, 5.41) is 20.6. The minimum Gasteiger partial charge on any atom is -0.548 e. The van der Waals surface area contributed by atoms with E-state index in [4.69, 9.17) is 5.73 Å². The van der Waals surface area contributed by atoms with Crippen molar-refractivity contribution in [1.29, 1.82) is 0 Å². The summed E-state index contributed by atoms with van der Waals surface area (Å²) in [6.45, 7) is 0. The van der Waals surface area contributed by atoms with Crippen LogP contribution in [0.15, 0.2) is 24.3 Å². The summed E-state index contributed by atoms with van der Waals surface area (Å²) in [6.07, 6.45) is 0. The maximum Gasteiger partial charge on any atom is 0.269 e. The number of carboxylic acids is 1. The molecule has 0 saturated heterocycles. The molecule has 0 saturated carbocycles. The van der Waals surface area contributed by atoms with Crippen molar-refractivity contribution in [1.82, 2.24) is 0 Å². The number of carbonyl (C=O) groups is 1. The zero-order valence-electron chi connectivity index (χ0n) is 7.04. The van der Waals surface area contributed by atoms with Crippen molar-refractivity contribution in [3.8, 4) is 0 Å². The average molecular weight is 195 g/mol. The van der Waals surface area contributed by atoms with Gasteiger partial charge in [0.2, 0.25) is 0 Å². The van der Waals surface area contributed by atoms with E-state index in [-0.39, 0.29) is 11.3 Å². The van der Waals surface area contributed by atoms with Gasteiger partial charge < -0.3 is 15.6 Å². The van der Waals surface area contributed by atoms with Gasteiger partial charge in [0, 0.05) is 12.1 Å². The molecule has 0 amide bonds. The third-order valence-corrected chi connectivity index (χ3v) is 1.72. The van der Waals surface area contributed by atoms with E-state index in [1.165, 1.54) is 24.3 Å². The summed E-state index contributed by atoms with van der Waals surface area (Å²) in [4.78, 5) is 20.0. The molecule has 6 heteroatoms. The fourth-order valence-corrected chi connectivity index (χ4v) is 0.939. The zero-order valence-corrected chi connectivity index (χ0v) is 7.04. The molecule has 14 heavy (non-hydrogen) atoms. The number of hydrogen-bond acceptors (Lipinski definition) is 5. The quantitative estimate of drug-likeness (QED) is 0.508. The van der Waals surface area contributed by atoms with Crippen LogP contribution in [0.4, 0.5) is 5.69 Å². The summed E-state index contributed by atoms with van der Waals surface area (Å²) >= 11 is 0. The molecule has 74 valence electrons. The van der Waals surface area contributed by atoms with Crippen LogP contribution in [0.3, 0.4) is 0 Å². The predicted octanol–water partition coefficient (Wildman–Crippen LogP) is -0.655. The number of hydrogen-bond donors (Lipinski definition) is 1. The third kappa shape index (κ3) is 2.05. The maximum atomic E-state index is 10.3. The first-order valence-electron chi connectivity index (χ1n) is 3.73. The molecule has 1 aromatic carbocycles. The van der Waals surface area contributed by atoms with Gasteiger partial charge in [0.15, 0.2) is 0 Å². The van der Waals surface area contributed by atoms with Crippen molar-refractivity contribution in [3.63, 3.8) is 0 Å². The molecule has 0 bridgehead atoms. The first kappa shape index (κ1) is 10.1. The van der Waals surface area contributed by atoms with Crippen LogP contribution >= 0.6 is 0 Å². The second-order valence-corrected chi connectivity index (χ2v) is 2.65. The second-order valence-electron chi connectivity index (χ2n) is 2.65. The number of carbonyl (C=O) groups excluding carboxylic acids is 1. The lowest BCUT2D eigenvalue weighted by atomic mass is 10.1. The van der Waals surface area contributed by atoms with E-state index >= 15 is 0 Å². The van der Waals surface area contributed by atoms with Crippen LogP contribution < -0.4 is 10.8 Å². The Morgan fingerprint density at radius 2 is 1.86 bits per heavy atom. The van der Waals surface area contributed by atoms with Crippen LogP contribution in [0.2, 0.25) is 0 Å². The fourth-order valence-electron chi connectivity index (χ4n) is 0.939. The Morgan fingerprint density at radius 1 is 1.36 bits per heavy atom. The van der Waals surface area contributed by atoms with Gasteiger partial charge in [-0.3, -0.25) is 10.1 Å². The van der Waals surface area contributed by atoms with Gasteiger partial charge >= 0.3 is 0 Å². The Bertz CT molecular complexity index is 360. The largest absolute Gasteiger partial charge is 0.548 e. The molecule has 0 aliphatic carbocycles. The Kier molecular flexibility index (Phi) is 2.78. The van der Waals surface area contributed by atoms with Crippen LogP contribution in [-0.4, -0.2) is 10.9 Å². The summed E-state index contributed by atoms with van der Waals surface area (Å²) in [5.41, 5.74) is 5.39. The van der Waals surface area contributed by atoms with Gasteiger partial charge in [-0.25, -0.2) is 0 Å². The van der Waals surface area contributed by atoms with Crippen LogP contribution in [0.1, 0.15) is 11.6 Å². The normalized spacial score (nSPS) is 12.1. The van der Waals surface area contributed by atoms with Gasteiger partial charge in [0.05, 0.1) is 16.9 Å². The standard InChI is InChI=1S/C8H8N2O4/c9-7(8(11)12)5-1-3-6(4-2-5)10(13)14/h1-4,7H,9H2,(H,11,12)/p-1/t7-/m0/s1. The lowest BCUT2D eigenvalue weighted by Gasteiger charge is -2.11.